The lowest BCUT2D eigenvalue weighted by atomic mass is 9.89. The first kappa shape index (κ1) is 16.0. The van der Waals surface area contributed by atoms with E-state index in [0.717, 1.165) is 16.8 Å². The summed E-state index contributed by atoms with van der Waals surface area (Å²) in [5.41, 5.74) is 4.32. The van der Waals surface area contributed by atoms with Gasteiger partial charge in [-0.15, -0.1) is 5.10 Å². The van der Waals surface area contributed by atoms with Crippen molar-refractivity contribution in [2.24, 2.45) is 5.41 Å². The SMILES string of the molecule is CC(C)(C)C(=O)c1nnn(-c2cccc(C(F)(F)F)c2)c1N. The van der Waals surface area contributed by atoms with Gasteiger partial charge >= 0.3 is 6.18 Å². The molecule has 0 unspecified atom stereocenters. The zero-order valence-electron chi connectivity index (χ0n) is 12.3. The van der Waals surface area contributed by atoms with E-state index in [1.165, 1.54) is 12.1 Å². The normalized spacial score (nSPS) is 12.5. The molecule has 0 fully saturated rings. The van der Waals surface area contributed by atoms with Crippen LogP contribution in [0, 0.1) is 5.41 Å². The summed E-state index contributed by atoms with van der Waals surface area (Å²) in [6.45, 7) is 5.08. The molecule has 0 spiro atoms. The molecule has 0 saturated carbocycles. The molecular weight excluding hydrogens is 297 g/mol. The Kier molecular flexibility index (Phi) is 3.72. The molecule has 2 rings (SSSR count). The van der Waals surface area contributed by atoms with Gasteiger partial charge in [0.25, 0.3) is 0 Å². The van der Waals surface area contributed by atoms with Crippen LogP contribution in [-0.2, 0) is 6.18 Å². The number of ketones is 1. The number of Topliss-reactive ketones (excluding diaryl/α,β-unsaturated/α-hetero) is 1. The lowest BCUT2D eigenvalue weighted by molar-refractivity contribution is -0.137. The van der Waals surface area contributed by atoms with Crippen molar-refractivity contribution >= 4 is 11.6 Å². The Labute approximate surface area is 124 Å². The third kappa shape index (κ3) is 2.95. The van der Waals surface area contributed by atoms with Crippen LogP contribution >= 0.6 is 0 Å². The van der Waals surface area contributed by atoms with Crippen molar-refractivity contribution in [3.8, 4) is 5.69 Å². The quantitative estimate of drug-likeness (QED) is 0.865. The van der Waals surface area contributed by atoms with Crippen molar-refractivity contribution in [1.82, 2.24) is 15.0 Å². The molecular formula is C14H15F3N4O. The van der Waals surface area contributed by atoms with Gasteiger partial charge in [0, 0.05) is 5.41 Å². The van der Waals surface area contributed by atoms with E-state index in [0.29, 0.717) is 0 Å². The lowest BCUT2D eigenvalue weighted by Gasteiger charge is -2.14. The minimum atomic E-state index is -4.48. The van der Waals surface area contributed by atoms with Gasteiger partial charge in [0.1, 0.15) is 0 Å². The van der Waals surface area contributed by atoms with Gasteiger partial charge in [0.15, 0.2) is 17.3 Å². The predicted octanol–water partition coefficient (Wildman–Crippen LogP) is 3.10. The summed E-state index contributed by atoms with van der Waals surface area (Å²) < 4.78 is 39.3. The maximum atomic E-state index is 12.7. The maximum absolute atomic E-state index is 12.7. The zero-order valence-corrected chi connectivity index (χ0v) is 12.3. The molecule has 8 heteroatoms. The van der Waals surface area contributed by atoms with Gasteiger partial charge in [0.2, 0.25) is 0 Å². The molecule has 1 heterocycles. The smallest absolute Gasteiger partial charge is 0.382 e. The third-order valence-corrected chi connectivity index (χ3v) is 3.02. The molecule has 0 radical (unpaired) electrons. The number of nitrogen functional groups attached to an aromatic ring is 1. The summed E-state index contributed by atoms with van der Waals surface area (Å²) in [6.07, 6.45) is -4.48. The van der Waals surface area contributed by atoms with Crippen LogP contribution in [0.4, 0.5) is 19.0 Å². The standard InChI is InChI=1S/C14H15F3N4O/c1-13(2,3)11(22)10-12(18)21(20-19-10)9-6-4-5-8(7-9)14(15,16)17/h4-7H,18H2,1-3H3. The topological polar surface area (TPSA) is 73.8 Å². The monoisotopic (exact) mass is 312 g/mol. The molecule has 118 valence electrons. The Balaban J connectivity index is 2.48. The van der Waals surface area contributed by atoms with Crippen LogP contribution in [0.5, 0.6) is 0 Å². The number of anilines is 1. The highest BCUT2D eigenvalue weighted by atomic mass is 19.4. The molecule has 0 atom stereocenters. The predicted molar refractivity (Wildman–Crippen MR) is 74.6 cm³/mol. The number of alkyl halides is 3. The van der Waals surface area contributed by atoms with Crippen LogP contribution in [0.2, 0.25) is 0 Å². The number of carbonyl (C=O) groups excluding carboxylic acids is 1. The number of carbonyl (C=O) groups is 1. The van der Waals surface area contributed by atoms with E-state index in [4.69, 9.17) is 5.73 Å². The molecule has 2 N–H and O–H groups in total. The average Bonchev–Trinajstić information content (AvgIpc) is 2.77. The lowest BCUT2D eigenvalue weighted by Crippen LogP contribution is -2.22. The second-order valence-corrected chi connectivity index (χ2v) is 5.86. The molecule has 0 saturated heterocycles. The van der Waals surface area contributed by atoms with Gasteiger partial charge in [-0.2, -0.15) is 17.9 Å². The second-order valence-electron chi connectivity index (χ2n) is 5.86. The number of hydrogen-bond donors (Lipinski definition) is 1. The van der Waals surface area contributed by atoms with E-state index in [1.54, 1.807) is 20.8 Å². The molecule has 0 aliphatic heterocycles. The summed E-state index contributed by atoms with van der Waals surface area (Å²) >= 11 is 0. The van der Waals surface area contributed by atoms with Crippen LogP contribution in [0.3, 0.4) is 0 Å². The largest absolute Gasteiger partial charge is 0.416 e. The van der Waals surface area contributed by atoms with Crippen molar-refractivity contribution in [2.45, 2.75) is 26.9 Å². The molecule has 0 amide bonds. The Hall–Kier alpha value is -2.38. The van der Waals surface area contributed by atoms with E-state index < -0.39 is 17.2 Å². The maximum Gasteiger partial charge on any atom is 0.416 e. The molecule has 0 bridgehead atoms. The number of nitrogens with two attached hydrogens (primary N) is 1. The van der Waals surface area contributed by atoms with Gasteiger partial charge < -0.3 is 5.73 Å². The number of rotatable bonds is 2. The van der Waals surface area contributed by atoms with Crippen LogP contribution < -0.4 is 5.73 Å². The fourth-order valence-corrected chi connectivity index (χ4v) is 1.81. The number of hydrogen-bond acceptors (Lipinski definition) is 4. The van der Waals surface area contributed by atoms with Crippen molar-refractivity contribution < 1.29 is 18.0 Å². The zero-order chi connectivity index (χ0) is 16.7. The summed E-state index contributed by atoms with van der Waals surface area (Å²) in [4.78, 5) is 12.2. The highest BCUT2D eigenvalue weighted by Gasteiger charge is 2.32. The van der Waals surface area contributed by atoms with Crippen LogP contribution in [0.25, 0.3) is 5.69 Å². The Morgan fingerprint density at radius 2 is 1.86 bits per heavy atom. The summed E-state index contributed by atoms with van der Waals surface area (Å²) in [5.74, 6) is -0.414. The van der Waals surface area contributed by atoms with Crippen molar-refractivity contribution in [3.63, 3.8) is 0 Å². The van der Waals surface area contributed by atoms with Crippen molar-refractivity contribution in [3.05, 3.63) is 35.5 Å². The van der Waals surface area contributed by atoms with Gasteiger partial charge in [0.05, 0.1) is 11.3 Å². The van der Waals surface area contributed by atoms with Gasteiger partial charge in [-0.05, 0) is 18.2 Å². The van der Waals surface area contributed by atoms with Gasteiger partial charge in [-0.1, -0.05) is 32.1 Å². The molecule has 22 heavy (non-hydrogen) atoms. The summed E-state index contributed by atoms with van der Waals surface area (Å²) in [5, 5.41) is 7.40. The molecule has 1 aromatic heterocycles. The third-order valence-electron chi connectivity index (χ3n) is 3.02. The minimum Gasteiger partial charge on any atom is -0.382 e. The van der Waals surface area contributed by atoms with Crippen LogP contribution in [0.1, 0.15) is 36.8 Å². The minimum absolute atomic E-state index is 0.0510. The molecule has 1 aromatic carbocycles. The second kappa shape index (κ2) is 5.11. The number of halogens is 3. The van der Waals surface area contributed by atoms with E-state index in [2.05, 4.69) is 10.3 Å². The van der Waals surface area contributed by atoms with Gasteiger partial charge in [-0.25, -0.2) is 0 Å². The fourth-order valence-electron chi connectivity index (χ4n) is 1.81. The average molecular weight is 312 g/mol. The number of nitrogens with zero attached hydrogens (tertiary/aromatic N) is 3. The van der Waals surface area contributed by atoms with E-state index >= 15 is 0 Å². The number of aromatic nitrogens is 3. The molecule has 5 nitrogen and oxygen atoms in total. The fraction of sp³-hybridized carbons (Fsp3) is 0.357. The highest BCUT2D eigenvalue weighted by molar-refractivity contribution is 6.01. The molecule has 2 aromatic rings. The molecule has 0 aliphatic carbocycles. The van der Waals surface area contributed by atoms with E-state index in [9.17, 15) is 18.0 Å². The van der Waals surface area contributed by atoms with Crippen molar-refractivity contribution in [2.75, 3.05) is 5.73 Å². The summed E-state index contributed by atoms with van der Waals surface area (Å²) in [6, 6.07) is 4.49. The van der Waals surface area contributed by atoms with Gasteiger partial charge in [-0.3, -0.25) is 4.79 Å². The van der Waals surface area contributed by atoms with E-state index in [1.807, 2.05) is 0 Å². The van der Waals surface area contributed by atoms with Crippen molar-refractivity contribution in [1.29, 1.82) is 0 Å². The summed E-state index contributed by atoms with van der Waals surface area (Å²) in [7, 11) is 0. The molecule has 0 aliphatic rings. The van der Waals surface area contributed by atoms with E-state index in [-0.39, 0.29) is 23.0 Å². The first-order chi connectivity index (χ1) is 10.0. The number of benzene rings is 1. The highest BCUT2D eigenvalue weighted by Crippen LogP contribution is 2.31. The first-order valence-corrected chi connectivity index (χ1v) is 6.45. The Morgan fingerprint density at radius 1 is 1.23 bits per heavy atom. The first-order valence-electron chi connectivity index (χ1n) is 6.45. The van der Waals surface area contributed by atoms with Crippen LogP contribution in [-0.4, -0.2) is 20.8 Å². The van der Waals surface area contributed by atoms with Crippen LogP contribution in [0.15, 0.2) is 24.3 Å². The Bertz CT molecular complexity index is 714. The Morgan fingerprint density at radius 3 is 2.41 bits per heavy atom.